The Balaban J connectivity index is 2.38. The molecule has 0 aliphatic heterocycles. The maximum atomic E-state index is 8.62. The van der Waals surface area contributed by atoms with Crippen molar-refractivity contribution < 1.29 is 0 Å². The summed E-state index contributed by atoms with van der Waals surface area (Å²) in [5.41, 5.74) is 2.55. The summed E-state index contributed by atoms with van der Waals surface area (Å²) in [6, 6.07) is 13.6. The molecule has 3 heteroatoms. The summed E-state index contributed by atoms with van der Waals surface area (Å²) in [4.78, 5) is 4.02. The molecule has 0 saturated heterocycles. The predicted molar refractivity (Wildman–Crippen MR) is 62.1 cm³/mol. The molecule has 15 heavy (non-hydrogen) atoms. The molecule has 1 aromatic heterocycles. The van der Waals surface area contributed by atoms with Gasteiger partial charge >= 0.3 is 0 Å². The van der Waals surface area contributed by atoms with E-state index in [4.69, 9.17) is 5.26 Å². The summed E-state index contributed by atoms with van der Waals surface area (Å²) in [6.07, 6.45) is 1.71. The Hall–Kier alpha value is -1.66. The molecule has 2 rings (SSSR count). The van der Waals surface area contributed by atoms with Gasteiger partial charge in [-0.05, 0) is 29.8 Å². The van der Waals surface area contributed by atoms with Gasteiger partial charge in [-0.3, -0.25) is 0 Å². The van der Waals surface area contributed by atoms with E-state index in [1.165, 1.54) is 0 Å². The number of nitriles is 1. The summed E-state index contributed by atoms with van der Waals surface area (Å²) in [5, 5.41) is 8.62. The van der Waals surface area contributed by atoms with Crippen LogP contribution in [-0.2, 0) is 0 Å². The van der Waals surface area contributed by atoms with Crippen molar-refractivity contribution in [3.63, 3.8) is 0 Å². The fourth-order valence-electron chi connectivity index (χ4n) is 1.27. The number of hydrogen-bond acceptors (Lipinski definition) is 2. The van der Waals surface area contributed by atoms with Gasteiger partial charge in [0.15, 0.2) is 0 Å². The first-order chi connectivity index (χ1) is 7.29. The largest absolute Gasteiger partial charge is 0.245 e. The zero-order valence-electron chi connectivity index (χ0n) is 7.81. The monoisotopic (exact) mass is 258 g/mol. The summed E-state index contributed by atoms with van der Waals surface area (Å²) in [6.45, 7) is 0. The van der Waals surface area contributed by atoms with Crippen LogP contribution in [0.2, 0.25) is 0 Å². The minimum absolute atomic E-state index is 0.441. The zero-order chi connectivity index (χ0) is 10.7. The van der Waals surface area contributed by atoms with Gasteiger partial charge in [-0.15, -0.1) is 0 Å². The summed E-state index contributed by atoms with van der Waals surface area (Å²) < 4.78 is 1.05. The van der Waals surface area contributed by atoms with Crippen LogP contribution in [0.1, 0.15) is 5.69 Å². The van der Waals surface area contributed by atoms with Crippen LogP contribution in [0.25, 0.3) is 11.1 Å². The first-order valence-electron chi connectivity index (χ1n) is 4.42. The minimum Gasteiger partial charge on any atom is -0.245 e. The molecule has 0 spiro atoms. The lowest BCUT2D eigenvalue weighted by Crippen LogP contribution is -1.83. The van der Waals surface area contributed by atoms with E-state index in [2.05, 4.69) is 20.9 Å². The predicted octanol–water partition coefficient (Wildman–Crippen LogP) is 3.38. The molecule has 72 valence electrons. The van der Waals surface area contributed by atoms with Crippen LogP contribution < -0.4 is 0 Å². The standard InChI is InChI=1S/C12H7BrN2/c13-11-4-1-9(2-5-11)10-3-6-12(7-14)15-8-10/h1-6,8H. The molecule has 2 nitrogen and oxygen atoms in total. The van der Waals surface area contributed by atoms with Gasteiger partial charge in [-0.2, -0.15) is 5.26 Å². The van der Waals surface area contributed by atoms with Crippen molar-refractivity contribution in [2.45, 2.75) is 0 Å². The third-order valence-corrected chi connectivity index (χ3v) is 2.58. The van der Waals surface area contributed by atoms with Gasteiger partial charge in [0.05, 0.1) is 0 Å². The van der Waals surface area contributed by atoms with Gasteiger partial charge in [0.2, 0.25) is 0 Å². The molecule has 1 aromatic carbocycles. The Labute approximate surface area is 96.3 Å². The van der Waals surface area contributed by atoms with Crippen LogP contribution in [-0.4, -0.2) is 4.98 Å². The van der Waals surface area contributed by atoms with Crippen molar-refractivity contribution >= 4 is 15.9 Å². The van der Waals surface area contributed by atoms with Crippen molar-refractivity contribution in [3.8, 4) is 17.2 Å². The number of halogens is 1. The van der Waals surface area contributed by atoms with Crippen molar-refractivity contribution in [2.75, 3.05) is 0 Å². The molecule has 0 atom stereocenters. The van der Waals surface area contributed by atoms with Gasteiger partial charge in [0.1, 0.15) is 11.8 Å². The molecule has 0 unspecified atom stereocenters. The van der Waals surface area contributed by atoms with E-state index in [0.717, 1.165) is 15.6 Å². The zero-order valence-corrected chi connectivity index (χ0v) is 9.40. The molecule has 2 aromatic rings. The first-order valence-corrected chi connectivity index (χ1v) is 5.21. The van der Waals surface area contributed by atoms with E-state index in [1.807, 2.05) is 36.4 Å². The second-order valence-corrected chi connectivity index (χ2v) is 3.97. The second-order valence-electron chi connectivity index (χ2n) is 3.05. The highest BCUT2D eigenvalue weighted by atomic mass is 79.9. The molecule has 0 saturated carbocycles. The lowest BCUT2D eigenvalue weighted by Gasteiger charge is -2.00. The van der Waals surface area contributed by atoms with Gasteiger partial charge in [-0.1, -0.05) is 28.1 Å². The quantitative estimate of drug-likeness (QED) is 0.787. The van der Waals surface area contributed by atoms with Gasteiger partial charge in [0, 0.05) is 16.2 Å². The van der Waals surface area contributed by atoms with Gasteiger partial charge < -0.3 is 0 Å². The summed E-state index contributed by atoms with van der Waals surface area (Å²) >= 11 is 3.38. The smallest absolute Gasteiger partial charge is 0.140 e. The van der Waals surface area contributed by atoms with E-state index in [9.17, 15) is 0 Å². The topological polar surface area (TPSA) is 36.7 Å². The minimum atomic E-state index is 0.441. The number of benzene rings is 1. The van der Waals surface area contributed by atoms with Crippen LogP contribution in [0.3, 0.4) is 0 Å². The van der Waals surface area contributed by atoms with Crippen LogP contribution >= 0.6 is 15.9 Å². The van der Waals surface area contributed by atoms with Crippen LogP contribution in [0.4, 0.5) is 0 Å². The number of aromatic nitrogens is 1. The second kappa shape index (κ2) is 4.24. The summed E-state index contributed by atoms with van der Waals surface area (Å²) in [5.74, 6) is 0. The SMILES string of the molecule is N#Cc1ccc(-c2ccc(Br)cc2)cn1. The molecule has 0 radical (unpaired) electrons. The number of pyridine rings is 1. The Morgan fingerprint density at radius 1 is 1.00 bits per heavy atom. The molecule has 0 bridgehead atoms. The van der Waals surface area contributed by atoms with E-state index in [1.54, 1.807) is 12.3 Å². The normalized spacial score (nSPS) is 9.60. The van der Waals surface area contributed by atoms with E-state index in [-0.39, 0.29) is 0 Å². The molecular weight excluding hydrogens is 252 g/mol. The third kappa shape index (κ3) is 2.23. The fourth-order valence-corrected chi connectivity index (χ4v) is 1.54. The van der Waals surface area contributed by atoms with Crippen molar-refractivity contribution in [3.05, 3.63) is 52.8 Å². The molecule has 1 heterocycles. The van der Waals surface area contributed by atoms with E-state index < -0.39 is 0 Å². The van der Waals surface area contributed by atoms with Crippen molar-refractivity contribution in [1.29, 1.82) is 5.26 Å². The molecule has 0 fully saturated rings. The van der Waals surface area contributed by atoms with Crippen LogP contribution in [0, 0.1) is 11.3 Å². The van der Waals surface area contributed by atoms with Gasteiger partial charge in [0.25, 0.3) is 0 Å². The average molecular weight is 259 g/mol. The highest BCUT2D eigenvalue weighted by molar-refractivity contribution is 9.10. The maximum Gasteiger partial charge on any atom is 0.140 e. The Morgan fingerprint density at radius 2 is 1.67 bits per heavy atom. The molecule has 0 aliphatic carbocycles. The van der Waals surface area contributed by atoms with Crippen molar-refractivity contribution in [2.24, 2.45) is 0 Å². The highest BCUT2D eigenvalue weighted by Gasteiger charge is 1.98. The highest BCUT2D eigenvalue weighted by Crippen LogP contribution is 2.20. The average Bonchev–Trinajstić information content (AvgIpc) is 2.30. The van der Waals surface area contributed by atoms with Crippen LogP contribution in [0.15, 0.2) is 47.1 Å². The number of hydrogen-bond donors (Lipinski definition) is 0. The van der Waals surface area contributed by atoms with Gasteiger partial charge in [-0.25, -0.2) is 4.98 Å². The third-order valence-electron chi connectivity index (χ3n) is 2.06. The lowest BCUT2D eigenvalue weighted by molar-refractivity contribution is 1.26. The maximum absolute atomic E-state index is 8.62. The Bertz CT molecular complexity index is 495. The Kier molecular flexibility index (Phi) is 2.79. The fraction of sp³-hybridized carbons (Fsp3) is 0. The molecule has 0 amide bonds. The van der Waals surface area contributed by atoms with E-state index in [0.29, 0.717) is 5.69 Å². The van der Waals surface area contributed by atoms with Crippen molar-refractivity contribution in [1.82, 2.24) is 4.98 Å². The van der Waals surface area contributed by atoms with Crippen LogP contribution in [0.5, 0.6) is 0 Å². The van der Waals surface area contributed by atoms with E-state index >= 15 is 0 Å². The number of rotatable bonds is 1. The lowest BCUT2D eigenvalue weighted by atomic mass is 10.1. The Morgan fingerprint density at radius 3 is 2.20 bits per heavy atom. The summed E-state index contributed by atoms with van der Waals surface area (Å²) in [7, 11) is 0. The molecule has 0 N–H and O–H groups in total. The molecule has 0 aliphatic rings. The number of nitrogens with zero attached hydrogens (tertiary/aromatic N) is 2. The molecular formula is C12H7BrN2. The first kappa shape index (κ1) is 9.88.